The van der Waals surface area contributed by atoms with Crippen molar-refractivity contribution >= 4 is 28.7 Å². The number of aromatic amines is 1. The van der Waals surface area contributed by atoms with Gasteiger partial charge in [-0.05, 0) is 37.3 Å². The molecule has 8 heteroatoms. The highest BCUT2D eigenvalue weighted by molar-refractivity contribution is 6.33. The third-order valence-electron chi connectivity index (χ3n) is 5.24. The molecule has 0 unspecified atom stereocenters. The van der Waals surface area contributed by atoms with Crippen LogP contribution in [0.4, 0.5) is 0 Å². The largest absolute Gasteiger partial charge is 0.481 e. The van der Waals surface area contributed by atoms with Crippen LogP contribution in [0.2, 0.25) is 5.02 Å². The van der Waals surface area contributed by atoms with Crippen molar-refractivity contribution in [3.8, 4) is 17.3 Å². The van der Waals surface area contributed by atoms with Crippen molar-refractivity contribution in [2.24, 2.45) is 5.92 Å². The van der Waals surface area contributed by atoms with Gasteiger partial charge in [0.05, 0.1) is 23.2 Å². The average Bonchev–Trinajstić information content (AvgIpc) is 3.09. The topological polar surface area (TPSA) is 97.3 Å². The smallest absolute Gasteiger partial charge is 0.306 e. The molecule has 0 atom stereocenters. The fourth-order valence-corrected chi connectivity index (χ4v) is 3.92. The number of carboxylic acid groups (broad SMARTS) is 1. The van der Waals surface area contributed by atoms with E-state index in [2.05, 4.69) is 15.0 Å². The van der Waals surface area contributed by atoms with Gasteiger partial charge in [-0.15, -0.1) is 0 Å². The van der Waals surface area contributed by atoms with Crippen molar-refractivity contribution in [3.05, 3.63) is 40.9 Å². The van der Waals surface area contributed by atoms with Crippen LogP contribution in [-0.4, -0.2) is 39.2 Å². The van der Waals surface area contributed by atoms with Gasteiger partial charge in [0, 0.05) is 12.7 Å². The molecule has 1 aliphatic carbocycles. The second-order valence-corrected chi connectivity index (χ2v) is 7.70. The fraction of sp³-hybridized carbons (Fsp3) is 0.381. The van der Waals surface area contributed by atoms with Crippen LogP contribution in [0.25, 0.3) is 22.4 Å². The first-order chi connectivity index (χ1) is 14.0. The number of halogens is 1. The number of ether oxygens (including phenoxy) is 2. The Morgan fingerprint density at radius 1 is 1.21 bits per heavy atom. The van der Waals surface area contributed by atoms with Crippen LogP contribution in [-0.2, 0) is 16.1 Å². The summed E-state index contributed by atoms with van der Waals surface area (Å²) in [5, 5.41) is 9.62. The van der Waals surface area contributed by atoms with Gasteiger partial charge < -0.3 is 14.6 Å². The number of benzene rings is 1. The summed E-state index contributed by atoms with van der Waals surface area (Å²) in [7, 11) is 1.66. The highest BCUT2D eigenvalue weighted by Gasteiger charge is 2.27. The molecule has 1 fully saturated rings. The van der Waals surface area contributed by atoms with E-state index in [1.807, 2.05) is 24.3 Å². The maximum Gasteiger partial charge on any atom is 0.306 e. The highest BCUT2D eigenvalue weighted by Crippen LogP contribution is 2.31. The zero-order valence-electron chi connectivity index (χ0n) is 16.0. The minimum atomic E-state index is -0.728. The first-order valence-corrected chi connectivity index (χ1v) is 9.95. The molecule has 1 aliphatic rings. The Hall–Kier alpha value is -2.64. The Balaban J connectivity index is 1.52. The van der Waals surface area contributed by atoms with Crippen LogP contribution < -0.4 is 4.74 Å². The van der Waals surface area contributed by atoms with Crippen LogP contribution in [0.3, 0.4) is 0 Å². The van der Waals surface area contributed by atoms with Crippen LogP contribution in [0.1, 0.15) is 31.2 Å². The monoisotopic (exact) mass is 415 g/mol. The number of hydrogen-bond acceptors (Lipinski definition) is 5. The molecular formula is C21H22ClN3O4. The molecule has 0 spiro atoms. The van der Waals surface area contributed by atoms with Crippen molar-refractivity contribution in [2.45, 2.75) is 38.4 Å². The van der Waals surface area contributed by atoms with Crippen LogP contribution in [0.15, 0.2) is 30.3 Å². The predicted octanol–water partition coefficient (Wildman–Crippen LogP) is 4.45. The highest BCUT2D eigenvalue weighted by atomic mass is 35.5. The minimum Gasteiger partial charge on any atom is -0.481 e. The molecule has 0 saturated heterocycles. The van der Waals surface area contributed by atoms with Crippen LogP contribution >= 0.6 is 11.6 Å². The molecule has 152 valence electrons. The van der Waals surface area contributed by atoms with E-state index in [4.69, 9.17) is 26.2 Å². The number of aromatic nitrogens is 3. The molecule has 0 bridgehead atoms. The number of nitrogens with one attached hydrogen (secondary N) is 1. The van der Waals surface area contributed by atoms with Crippen LogP contribution in [0.5, 0.6) is 6.01 Å². The Bertz CT molecular complexity index is 1010. The quantitative estimate of drug-likeness (QED) is 0.617. The maximum atomic E-state index is 11.1. The number of methoxy groups -OCH3 is 1. The van der Waals surface area contributed by atoms with Crippen molar-refractivity contribution < 1.29 is 19.4 Å². The van der Waals surface area contributed by atoms with Crippen molar-refractivity contribution in [3.63, 3.8) is 0 Å². The van der Waals surface area contributed by atoms with Gasteiger partial charge in [0.15, 0.2) is 5.65 Å². The molecule has 7 nitrogen and oxygen atoms in total. The Morgan fingerprint density at radius 3 is 2.59 bits per heavy atom. The number of hydrogen-bond donors (Lipinski definition) is 2. The number of aliphatic carboxylic acids is 1. The molecule has 2 N–H and O–H groups in total. The molecule has 0 amide bonds. The van der Waals surface area contributed by atoms with E-state index in [1.165, 1.54) is 0 Å². The fourth-order valence-electron chi connectivity index (χ4n) is 3.66. The predicted molar refractivity (Wildman–Crippen MR) is 109 cm³/mol. The number of nitrogens with zero attached hydrogens (tertiary/aromatic N) is 2. The van der Waals surface area contributed by atoms with E-state index in [-0.39, 0.29) is 12.0 Å². The van der Waals surface area contributed by atoms with Gasteiger partial charge in [0.2, 0.25) is 0 Å². The third kappa shape index (κ3) is 4.36. The molecule has 3 aromatic rings. The second kappa shape index (κ2) is 8.39. The number of imidazole rings is 1. The third-order valence-corrected chi connectivity index (χ3v) is 5.53. The number of carboxylic acids is 1. The summed E-state index contributed by atoms with van der Waals surface area (Å²) in [6.07, 6.45) is 2.58. The molecule has 0 aliphatic heterocycles. The van der Waals surface area contributed by atoms with E-state index < -0.39 is 5.97 Å². The van der Waals surface area contributed by atoms with E-state index in [9.17, 15) is 4.79 Å². The lowest BCUT2D eigenvalue weighted by Gasteiger charge is -2.25. The zero-order valence-corrected chi connectivity index (χ0v) is 16.8. The SMILES string of the molecule is COCc1ccc(-c2nc3[nH]c(O[C@H]4CC[C@H](C(=O)O)CC4)nc3cc2Cl)cc1. The summed E-state index contributed by atoms with van der Waals surface area (Å²) in [4.78, 5) is 23.3. The van der Waals surface area contributed by atoms with E-state index in [1.54, 1.807) is 13.2 Å². The molecule has 1 aromatic carbocycles. The number of H-pyrrole nitrogens is 1. The molecule has 4 rings (SSSR count). The zero-order chi connectivity index (χ0) is 20.4. The van der Waals surface area contributed by atoms with Crippen molar-refractivity contribution in [2.75, 3.05) is 7.11 Å². The first-order valence-electron chi connectivity index (χ1n) is 9.57. The lowest BCUT2D eigenvalue weighted by atomic mass is 9.87. The maximum absolute atomic E-state index is 11.1. The van der Waals surface area contributed by atoms with Gasteiger partial charge >= 0.3 is 5.97 Å². The van der Waals surface area contributed by atoms with Gasteiger partial charge in [-0.25, -0.2) is 4.98 Å². The van der Waals surface area contributed by atoms with Gasteiger partial charge in [0.25, 0.3) is 6.01 Å². The second-order valence-electron chi connectivity index (χ2n) is 7.29. The molecular weight excluding hydrogens is 394 g/mol. The Morgan fingerprint density at radius 2 is 1.93 bits per heavy atom. The van der Waals surface area contributed by atoms with E-state index >= 15 is 0 Å². The Labute approximate surface area is 173 Å². The lowest BCUT2D eigenvalue weighted by Crippen LogP contribution is -2.28. The summed E-state index contributed by atoms with van der Waals surface area (Å²) in [5.41, 5.74) is 3.87. The Kier molecular flexibility index (Phi) is 5.69. The molecule has 29 heavy (non-hydrogen) atoms. The van der Waals surface area contributed by atoms with Gasteiger partial charge in [-0.3, -0.25) is 9.78 Å². The number of rotatable bonds is 6. The number of fused-ring (bicyclic) bond motifs is 1. The van der Waals surface area contributed by atoms with Crippen molar-refractivity contribution in [1.29, 1.82) is 0 Å². The van der Waals surface area contributed by atoms with Gasteiger partial charge in [-0.2, -0.15) is 4.98 Å². The lowest BCUT2D eigenvalue weighted by molar-refractivity contribution is -0.143. The molecule has 2 heterocycles. The first kappa shape index (κ1) is 19.7. The van der Waals surface area contributed by atoms with Crippen molar-refractivity contribution in [1.82, 2.24) is 15.0 Å². The summed E-state index contributed by atoms with van der Waals surface area (Å²) in [6.45, 7) is 0.552. The summed E-state index contributed by atoms with van der Waals surface area (Å²) >= 11 is 6.45. The average molecular weight is 416 g/mol. The van der Waals surface area contributed by atoms with E-state index in [0.717, 1.165) is 11.1 Å². The molecule has 1 saturated carbocycles. The standard InChI is InChI=1S/C21H22ClN3O4/c1-28-11-12-2-4-13(5-3-12)18-16(22)10-17-19(24-18)25-21(23-17)29-15-8-6-14(7-9-15)20(26)27/h2-5,10,14-15H,6-9,11H2,1H3,(H,26,27)(H,23,24,25)/t14-,15-. The molecule has 2 aromatic heterocycles. The number of pyridine rings is 1. The summed E-state index contributed by atoms with van der Waals surface area (Å²) in [5.74, 6) is -1.00. The number of carbonyl (C=O) groups is 1. The minimum absolute atomic E-state index is 0.0468. The van der Waals surface area contributed by atoms with E-state index in [0.29, 0.717) is 60.2 Å². The molecule has 0 radical (unpaired) electrons. The van der Waals surface area contributed by atoms with Gasteiger partial charge in [-0.1, -0.05) is 35.9 Å². The van der Waals surface area contributed by atoms with Crippen LogP contribution in [0, 0.1) is 5.92 Å². The van der Waals surface area contributed by atoms with Gasteiger partial charge in [0.1, 0.15) is 11.6 Å². The normalized spacial score (nSPS) is 19.4. The summed E-state index contributed by atoms with van der Waals surface area (Å²) in [6, 6.07) is 10.0. The summed E-state index contributed by atoms with van der Waals surface area (Å²) < 4.78 is 11.1.